The smallest absolute Gasteiger partial charge is 0.325 e. The van der Waals surface area contributed by atoms with E-state index in [-0.39, 0.29) is 33.3 Å². The monoisotopic (exact) mass is 474 g/mol. The minimum absolute atomic E-state index is 0.0675. The lowest BCUT2D eigenvalue weighted by Crippen LogP contribution is -2.09. The second-order valence-electron chi connectivity index (χ2n) is 6.06. The first-order valence-corrected chi connectivity index (χ1v) is 10.9. The van der Waals surface area contributed by atoms with E-state index < -0.39 is 11.7 Å². The summed E-state index contributed by atoms with van der Waals surface area (Å²) in [5.74, 6) is -0.544. The van der Waals surface area contributed by atoms with Gasteiger partial charge in [-0.05, 0) is 30.5 Å². The van der Waals surface area contributed by atoms with Crippen LogP contribution in [0.25, 0.3) is 5.65 Å². The van der Waals surface area contributed by atoms with Crippen molar-refractivity contribution in [3.8, 4) is 0 Å². The molecule has 0 aliphatic rings. The van der Waals surface area contributed by atoms with Crippen LogP contribution >= 0.6 is 35.1 Å². The molecule has 0 fully saturated rings. The number of hydrogen-bond acceptors (Lipinski definition) is 6. The number of pyridine rings is 1. The molecule has 0 atom stereocenters. The molecule has 1 N–H and O–H groups in total. The molecule has 0 saturated heterocycles. The Labute approximate surface area is 182 Å². The lowest BCUT2D eigenvalue weighted by atomic mass is 10.1. The fourth-order valence-corrected chi connectivity index (χ4v) is 4.19. The third-order valence-corrected chi connectivity index (χ3v) is 5.92. The molecule has 12 heteroatoms. The Kier molecular flexibility index (Phi) is 6.63. The van der Waals surface area contributed by atoms with E-state index in [9.17, 15) is 22.8 Å². The number of carbonyl (C=O) groups is 2. The van der Waals surface area contributed by atoms with E-state index in [1.54, 1.807) is 18.2 Å². The molecular weight excluding hydrogens is 461 g/mol. The fraction of sp³-hybridized carbons (Fsp3) is 0.222. The van der Waals surface area contributed by atoms with Gasteiger partial charge < -0.3 is 5.32 Å². The molecule has 3 aromatic rings. The molecule has 3 rings (SSSR count). The molecule has 1 amide bonds. The molecule has 2 aromatic heterocycles. The summed E-state index contributed by atoms with van der Waals surface area (Å²) in [5, 5.41) is 10.3. The summed E-state index contributed by atoms with van der Waals surface area (Å²) in [4.78, 5) is 24.6. The topological polar surface area (TPSA) is 76.4 Å². The summed E-state index contributed by atoms with van der Waals surface area (Å²) in [6.45, 7) is 1.39. The van der Waals surface area contributed by atoms with Crippen LogP contribution in [0.3, 0.4) is 0 Å². The van der Waals surface area contributed by atoms with Gasteiger partial charge in [0, 0.05) is 23.6 Å². The van der Waals surface area contributed by atoms with Crippen LogP contribution in [0.1, 0.15) is 22.8 Å². The van der Waals surface area contributed by atoms with E-state index in [1.165, 1.54) is 18.7 Å². The minimum Gasteiger partial charge on any atom is -0.325 e. The highest BCUT2D eigenvalue weighted by Gasteiger charge is 2.32. The molecule has 1 aromatic carbocycles. The quantitative estimate of drug-likeness (QED) is 0.397. The van der Waals surface area contributed by atoms with Crippen molar-refractivity contribution in [2.75, 3.05) is 17.3 Å². The fourth-order valence-electron chi connectivity index (χ4n) is 2.56. The maximum absolute atomic E-state index is 13.1. The Morgan fingerprint density at radius 1 is 1.23 bits per heavy atom. The molecule has 0 saturated carbocycles. The summed E-state index contributed by atoms with van der Waals surface area (Å²) in [5.41, 5.74) is 0.135. The van der Waals surface area contributed by atoms with Gasteiger partial charge in [0.15, 0.2) is 16.6 Å². The Hall–Kier alpha value is -2.24. The molecule has 0 bridgehead atoms. The van der Waals surface area contributed by atoms with E-state index >= 15 is 0 Å². The zero-order valence-corrected chi connectivity index (χ0v) is 18.0. The lowest BCUT2D eigenvalue weighted by molar-refractivity contribution is -0.137. The predicted octanol–water partition coefficient (Wildman–Crippen LogP) is 5.06. The first kappa shape index (κ1) is 22.4. The molecule has 2 heterocycles. The SMILES string of the molecule is CSc1cc(C(=O)CSc2nnc3c(Cl)cc(C(F)(F)F)cn23)ccc1NC(C)=O. The molecule has 6 nitrogen and oxygen atoms in total. The summed E-state index contributed by atoms with van der Waals surface area (Å²) in [6.07, 6.45) is -1.92. The first-order chi connectivity index (χ1) is 14.1. The van der Waals surface area contributed by atoms with Crippen LogP contribution in [-0.4, -0.2) is 38.3 Å². The van der Waals surface area contributed by atoms with Crippen LogP contribution in [0.5, 0.6) is 0 Å². The Morgan fingerprint density at radius 3 is 2.60 bits per heavy atom. The largest absolute Gasteiger partial charge is 0.417 e. The number of amides is 1. The normalized spacial score (nSPS) is 11.7. The van der Waals surface area contributed by atoms with E-state index in [1.807, 2.05) is 6.26 Å². The van der Waals surface area contributed by atoms with Gasteiger partial charge in [-0.1, -0.05) is 23.4 Å². The number of benzene rings is 1. The van der Waals surface area contributed by atoms with E-state index in [0.717, 1.165) is 33.3 Å². The van der Waals surface area contributed by atoms with Crippen LogP contribution in [-0.2, 0) is 11.0 Å². The van der Waals surface area contributed by atoms with Crippen molar-refractivity contribution in [2.45, 2.75) is 23.2 Å². The third-order valence-electron chi connectivity index (χ3n) is 3.92. The Morgan fingerprint density at radius 2 is 1.97 bits per heavy atom. The van der Waals surface area contributed by atoms with E-state index in [0.29, 0.717) is 11.3 Å². The van der Waals surface area contributed by atoms with Gasteiger partial charge in [0.25, 0.3) is 0 Å². The Balaban J connectivity index is 1.82. The zero-order chi connectivity index (χ0) is 22.1. The van der Waals surface area contributed by atoms with E-state index in [2.05, 4.69) is 15.5 Å². The molecule has 30 heavy (non-hydrogen) atoms. The van der Waals surface area contributed by atoms with Gasteiger partial charge in [0.05, 0.1) is 22.0 Å². The van der Waals surface area contributed by atoms with Crippen molar-refractivity contribution >= 4 is 58.1 Å². The highest BCUT2D eigenvalue weighted by Crippen LogP contribution is 2.33. The second kappa shape index (κ2) is 8.86. The van der Waals surface area contributed by atoms with Crippen LogP contribution in [0, 0.1) is 0 Å². The standard InChI is InChI=1S/C18H14ClF3N4O2S2/c1-9(27)23-13-4-3-10(5-15(13)29-2)14(28)8-30-17-25-24-16-12(19)6-11(7-26(16)17)18(20,21)22/h3-7H,8H2,1-2H3,(H,23,27). The third kappa shape index (κ3) is 4.90. The Bertz CT molecular complexity index is 1130. The number of Topliss-reactive ketones (excluding diaryl/α,β-unsaturated/α-hetero) is 1. The van der Waals surface area contributed by atoms with Gasteiger partial charge in [-0.2, -0.15) is 13.2 Å². The number of fused-ring (bicyclic) bond motifs is 1. The number of anilines is 1. The number of thioether (sulfide) groups is 2. The second-order valence-corrected chi connectivity index (χ2v) is 8.26. The van der Waals surface area contributed by atoms with Crippen LogP contribution in [0.4, 0.5) is 18.9 Å². The van der Waals surface area contributed by atoms with Crippen LogP contribution in [0.2, 0.25) is 5.02 Å². The molecule has 0 spiro atoms. The predicted molar refractivity (Wildman–Crippen MR) is 111 cm³/mol. The molecular formula is C18H14ClF3N4O2S2. The zero-order valence-electron chi connectivity index (χ0n) is 15.6. The number of hydrogen-bond donors (Lipinski definition) is 1. The van der Waals surface area contributed by atoms with Crippen LogP contribution in [0.15, 0.2) is 40.5 Å². The number of halogens is 4. The lowest BCUT2D eigenvalue weighted by Gasteiger charge is -2.10. The van der Waals surface area contributed by atoms with Gasteiger partial charge in [-0.15, -0.1) is 22.0 Å². The number of ketones is 1. The van der Waals surface area contributed by atoms with Crippen molar-refractivity contribution in [3.05, 3.63) is 46.6 Å². The summed E-state index contributed by atoms with van der Waals surface area (Å²) in [6, 6.07) is 5.65. The number of rotatable bonds is 6. The number of nitrogens with zero attached hydrogens (tertiary/aromatic N) is 3. The number of carbonyl (C=O) groups excluding carboxylic acids is 2. The number of nitrogens with one attached hydrogen (secondary N) is 1. The van der Waals surface area contributed by atoms with Gasteiger partial charge in [-0.3, -0.25) is 14.0 Å². The van der Waals surface area contributed by atoms with Gasteiger partial charge >= 0.3 is 6.18 Å². The molecule has 0 unspecified atom stereocenters. The highest BCUT2D eigenvalue weighted by atomic mass is 35.5. The van der Waals surface area contributed by atoms with Crippen molar-refractivity contribution in [1.29, 1.82) is 0 Å². The van der Waals surface area contributed by atoms with Crippen molar-refractivity contribution in [3.63, 3.8) is 0 Å². The van der Waals surface area contributed by atoms with Crippen molar-refractivity contribution < 1.29 is 22.8 Å². The average Bonchev–Trinajstić information content (AvgIpc) is 3.09. The van der Waals surface area contributed by atoms with Crippen molar-refractivity contribution in [2.24, 2.45) is 0 Å². The van der Waals surface area contributed by atoms with E-state index in [4.69, 9.17) is 11.6 Å². The maximum Gasteiger partial charge on any atom is 0.417 e. The molecule has 0 radical (unpaired) electrons. The summed E-state index contributed by atoms with van der Waals surface area (Å²) >= 11 is 8.22. The van der Waals surface area contributed by atoms with Gasteiger partial charge in [-0.25, -0.2) is 0 Å². The number of alkyl halides is 3. The molecule has 158 valence electrons. The van der Waals surface area contributed by atoms with Crippen molar-refractivity contribution in [1.82, 2.24) is 14.6 Å². The minimum atomic E-state index is -4.58. The molecule has 0 aliphatic carbocycles. The first-order valence-electron chi connectivity index (χ1n) is 8.33. The number of aromatic nitrogens is 3. The van der Waals surface area contributed by atoms with Gasteiger partial charge in [0.2, 0.25) is 5.91 Å². The molecule has 0 aliphatic heterocycles. The highest BCUT2D eigenvalue weighted by molar-refractivity contribution is 7.99. The average molecular weight is 475 g/mol. The van der Waals surface area contributed by atoms with Gasteiger partial charge in [0.1, 0.15) is 0 Å². The van der Waals surface area contributed by atoms with Crippen LogP contribution < -0.4 is 5.32 Å². The summed E-state index contributed by atoms with van der Waals surface area (Å²) < 4.78 is 40.3. The maximum atomic E-state index is 13.1. The summed E-state index contributed by atoms with van der Waals surface area (Å²) in [7, 11) is 0.